The quantitative estimate of drug-likeness (QED) is 0.456. The first-order chi connectivity index (χ1) is 3.38. The van der Waals surface area contributed by atoms with Crippen LogP contribution in [0.4, 0.5) is 0 Å². The molecule has 2 nitrogen and oxygen atoms in total. The second-order valence-electron chi connectivity index (χ2n) is 1.84. The fraction of sp³-hybridized carbons (Fsp3) is 0.600. The van der Waals surface area contributed by atoms with Crippen molar-refractivity contribution in [1.29, 1.82) is 0 Å². The lowest BCUT2D eigenvalue weighted by atomic mass is 10.4. The molecule has 0 amide bonds. The van der Waals surface area contributed by atoms with E-state index in [1.54, 1.807) is 0 Å². The van der Waals surface area contributed by atoms with E-state index in [1.165, 1.54) is 0 Å². The topological polar surface area (TPSA) is 34.1 Å². The highest BCUT2D eigenvalue weighted by Gasteiger charge is 2.35. The van der Waals surface area contributed by atoms with Crippen molar-refractivity contribution < 1.29 is 9.59 Å². The molecule has 2 unspecified atom stereocenters. The van der Waals surface area contributed by atoms with Gasteiger partial charge in [0.25, 0.3) is 0 Å². The van der Waals surface area contributed by atoms with Crippen LogP contribution in [0.15, 0.2) is 0 Å². The van der Waals surface area contributed by atoms with Crippen LogP contribution in [0, 0.1) is 11.8 Å². The fourth-order valence-corrected chi connectivity index (χ4v) is 0.549. The molecule has 2 heteroatoms. The summed E-state index contributed by atoms with van der Waals surface area (Å²) in [5.41, 5.74) is 0. The molecule has 1 aliphatic carbocycles. The van der Waals surface area contributed by atoms with Gasteiger partial charge in [0.15, 0.2) is 0 Å². The zero-order valence-corrected chi connectivity index (χ0v) is 3.83. The number of aldehydes is 2. The van der Waals surface area contributed by atoms with Crippen LogP contribution in [0.5, 0.6) is 0 Å². The lowest BCUT2D eigenvalue weighted by Crippen LogP contribution is -1.81. The zero-order chi connectivity index (χ0) is 5.28. The second kappa shape index (κ2) is 1.45. The van der Waals surface area contributed by atoms with E-state index in [9.17, 15) is 9.59 Å². The number of hydrogen-bond acceptors (Lipinski definition) is 2. The third kappa shape index (κ3) is 0.683. The molecule has 0 heterocycles. The van der Waals surface area contributed by atoms with E-state index < -0.39 is 0 Å². The highest BCUT2D eigenvalue weighted by molar-refractivity contribution is 5.71. The van der Waals surface area contributed by atoms with Crippen LogP contribution >= 0.6 is 0 Å². The zero-order valence-electron chi connectivity index (χ0n) is 3.83. The van der Waals surface area contributed by atoms with Crippen molar-refractivity contribution in [2.75, 3.05) is 0 Å². The molecule has 0 aromatic rings. The Labute approximate surface area is 41.5 Å². The number of hydrogen-bond donors (Lipinski definition) is 0. The van der Waals surface area contributed by atoms with Gasteiger partial charge in [-0.15, -0.1) is 0 Å². The predicted molar refractivity (Wildman–Crippen MR) is 23.7 cm³/mol. The fourth-order valence-electron chi connectivity index (χ4n) is 0.549. The first kappa shape index (κ1) is 4.50. The molecular weight excluding hydrogens is 92.1 g/mol. The summed E-state index contributed by atoms with van der Waals surface area (Å²) in [7, 11) is 0. The molecular formula is C5H6O2. The Hall–Kier alpha value is -0.660. The molecule has 1 rings (SSSR count). The van der Waals surface area contributed by atoms with Gasteiger partial charge in [0.2, 0.25) is 0 Å². The first-order valence-corrected chi connectivity index (χ1v) is 2.29. The van der Waals surface area contributed by atoms with Crippen molar-refractivity contribution in [3.8, 4) is 0 Å². The molecule has 1 saturated carbocycles. The van der Waals surface area contributed by atoms with Gasteiger partial charge in [-0.2, -0.15) is 0 Å². The van der Waals surface area contributed by atoms with E-state index >= 15 is 0 Å². The standard InChI is InChI=1S/C5H6O2/c6-2-4-1-5(4)3-7/h2-5H,1H2. The number of rotatable bonds is 2. The molecule has 0 radical (unpaired) electrons. The molecule has 0 N–H and O–H groups in total. The molecule has 7 heavy (non-hydrogen) atoms. The summed E-state index contributed by atoms with van der Waals surface area (Å²) in [6.45, 7) is 0. The van der Waals surface area contributed by atoms with Gasteiger partial charge in [0.1, 0.15) is 12.6 Å². The van der Waals surface area contributed by atoms with Gasteiger partial charge in [0, 0.05) is 11.8 Å². The first-order valence-electron chi connectivity index (χ1n) is 2.29. The largest absolute Gasteiger partial charge is 0.303 e. The van der Waals surface area contributed by atoms with Crippen LogP contribution in [0.3, 0.4) is 0 Å². The van der Waals surface area contributed by atoms with Gasteiger partial charge >= 0.3 is 0 Å². The van der Waals surface area contributed by atoms with E-state index in [0.717, 1.165) is 19.0 Å². The highest BCUT2D eigenvalue weighted by Crippen LogP contribution is 2.33. The van der Waals surface area contributed by atoms with Crippen molar-refractivity contribution in [2.45, 2.75) is 6.42 Å². The van der Waals surface area contributed by atoms with Crippen molar-refractivity contribution in [1.82, 2.24) is 0 Å². The van der Waals surface area contributed by atoms with E-state index in [1.807, 2.05) is 0 Å². The van der Waals surface area contributed by atoms with Gasteiger partial charge in [-0.25, -0.2) is 0 Å². The summed E-state index contributed by atoms with van der Waals surface area (Å²) < 4.78 is 0. The molecule has 0 spiro atoms. The Kier molecular flexibility index (Phi) is 0.929. The van der Waals surface area contributed by atoms with Gasteiger partial charge in [0.05, 0.1) is 0 Å². The van der Waals surface area contributed by atoms with Crippen molar-refractivity contribution in [3.63, 3.8) is 0 Å². The average Bonchev–Trinajstić information content (AvgIpc) is 2.43. The number of carbonyl (C=O) groups is 2. The minimum atomic E-state index is 0.0671. The van der Waals surface area contributed by atoms with Gasteiger partial charge < -0.3 is 9.59 Å². The van der Waals surface area contributed by atoms with E-state index in [4.69, 9.17) is 0 Å². The molecule has 1 aliphatic rings. The van der Waals surface area contributed by atoms with E-state index in [2.05, 4.69) is 0 Å². The third-order valence-corrected chi connectivity index (χ3v) is 1.24. The minimum absolute atomic E-state index is 0.0671. The summed E-state index contributed by atoms with van der Waals surface area (Å²) in [5, 5.41) is 0. The van der Waals surface area contributed by atoms with Gasteiger partial charge in [-0.05, 0) is 6.42 Å². The Morgan fingerprint density at radius 2 is 1.57 bits per heavy atom. The predicted octanol–water partition coefficient (Wildman–Crippen LogP) is 0.0203. The molecule has 0 saturated heterocycles. The van der Waals surface area contributed by atoms with Crippen LogP contribution in [-0.2, 0) is 9.59 Å². The normalized spacial score (nSPS) is 37.1. The van der Waals surface area contributed by atoms with Gasteiger partial charge in [-0.1, -0.05) is 0 Å². The highest BCUT2D eigenvalue weighted by atomic mass is 16.1. The second-order valence-corrected chi connectivity index (χ2v) is 1.84. The third-order valence-electron chi connectivity index (χ3n) is 1.24. The number of carbonyl (C=O) groups excluding carboxylic acids is 2. The van der Waals surface area contributed by atoms with Crippen LogP contribution in [0.2, 0.25) is 0 Å². The monoisotopic (exact) mass is 98.0 g/mol. The molecule has 38 valence electrons. The lowest BCUT2D eigenvalue weighted by molar-refractivity contribution is -0.112. The summed E-state index contributed by atoms with van der Waals surface area (Å²) in [6, 6.07) is 0. The summed E-state index contributed by atoms with van der Waals surface area (Å²) in [4.78, 5) is 19.6. The van der Waals surface area contributed by atoms with Crippen molar-refractivity contribution in [2.24, 2.45) is 11.8 Å². The molecule has 0 aliphatic heterocycles. The minimum Gasteiger partial charge on any atom is -0.303 e. The molecule has 0 bridgehead atoms. The Balaban J connectivity index is 2.30. The maximum atomic E-state index is 9.78. The van der Waals surface area contributed by atoms with Gasteiger partial charge in [-0.3, -0.25) is 0 Å². The van der Waals surface area contributed by atoms with E-state index in [0.29, 0.717) is 0 Å². The maximum Gasteiger partial charge on any atom is 0.123 e. The smallest absolute Gasteiger partial charge is 0.123 e. The van der Waals surface area contributed by atoms with Crippen LogP contribution < -0.4 is 0 Å². The maximum absolute atomic E-state index is 9.78. The molecule has 1 fully saturated rings. The summed E-state index contributed by atoms with van der Waals surface area (Å²) >= 11 is 0. The molecule has 2 atom stereocenters. The SMILES string of the molecule is O=CC1CC1C=O. The lowest BCUT2D eigenvalue weighted by Gasteiger charge is -1.67. The van der Waals surface area contributed by atoms with Crippen molar-refractivity contribution in [3.05, 3.63) is 0 Å². The average molecular weight is 98.1 g/mol. The summed E-state index contributed by atoms with van der Waals surface area (Å²) in [5.74, 6) is 0.134. The van der Waals surface area contributed by atoms with Crippen LogP contribution in [0.1, 0.15) is 6.42 Å². The molecule has 0 aromatic heterocycles. The molecule has 0 aromatic carbocycles. The Morgan fingerprint density at radius 1 is 1.14 bits per heavy atom. The Morgan fingerprint density at radius 3 is 1.71 bits per heavy atom. The Bertz CT molecular complexity index is 86.3. The van der Waals surface area contributed by atoms with Crippen LogP contribution in [-0.4, -0.2) is 12.6 Å². The van der Waals surface area contributed by atoms with Crippen LogP contribution in [0.25, 0.3) is 0 Å². The summed E-state index contributed by atoms with van der Waals surface area (Å²) in [6.07, 6.45) is 2.48. The van der Waals surface area contributed by atoms with E-state index in [-0.39, 0.29) is 11.8 Å². The van der Waals surface area contributed by atoms with Crippen molar-refractivity contribution >= 4 is 12.6 Å².